The number of benzene rings is 3. The summed E-state index contributed by atoms with van der Waals surface area (Å²) < 4.78 is 30.0. The Morgan fingerprint density at radius 3 is 1.66 bits per heavy atom. The van der Waals surface area contributed by atoms with Gasteiger partial charge in [0.15, 0.2) is 0 Å². The first-order valence-electron chi connectivity index (χ1n) is 17.1. The van der Waals surface area contributed by atoms with Crippen molar-refractivity contribution in [1.29, 1.82) is 0 Å². The Hall–Kier alpha value is -5.56. The van der Waals surface area contributed by atoms with E-state index in [2.05, 4.69) is 27.2 Å². The molecule has 0 radical (unpaired) electrons. The highest BCUT2D eigenvalue weighted by Gasteiger charge is 2.31. The quantitative estimate of drug-likeness (QED) is 0.0486. The van der Waals surface area contributed by atoms with E-state index in [4.69, 9.17) is 22.1 Å². The molecule has 0 heterocycles. The fourth-order valence-corrected chi connectivity index (χ4v) is 6.14. The molecule has 3 aromatic rings. The molecule has 15 heteroatoms. The first kappa shape index (κ1) is 41.9. The summed E-state index contributed by atoms with van der Waals surface area (Å²) in [4.78, 5) is 66.0. The summed E-state index contributed by atoms with van der Waals surface area (Å²) in [6.45, 7) is -0.0862. The van der Waals surface area contributed by atoms with Crippen LogP contribution in [0.3, 0.4) is 0 Å². The molecule has 0 spiro atoms. The van der Waals surface area contributed by atoms with E-state index in [1.165, 1.54) is 24.3 Å². The molecule has 0 bridgehead atoms. The maximum atomic E-state index is 13.9. The van der Waals surface area contributed by atoms with Crippen molar-refractivity contribution in [2.75, 3.05) is 13.2 Å². The minimum absolute atomic E-state index is 0.00297. The Kier molecular flexibility index (Phi) is 17.2. The van der Waals surface area contributed by atoms with E-state index in [-0.39, 0.29) is 37.0 Å². The van der Waals surface area contributed by atoms with Gasteiger partial charge in [0, 0.05) is 19.3 Å². The molecule has 0 aliphatic rings. The Bertz CT molecular complexity index is 1800. The molecule has 3 aromatic carbocycles. The van der Waals surface area contributed by atoms with Crippen molar-refractivity contribution in [3.63, 3.8) is 0 Å². The maximum Gasteiger partial charge on any atom is 0.296 e. The minimum atomic E-state index is -4.11. The molecule has 0 fully saturated rings. The number of primary amides is 1. The lowest BCUT2D eigenvalue weighted by Crippen LogP contribution is -2.58. The van der Waals surface area contributed by atoms with Crippen LogP contribution in [0.1, 0.15) is 43.2 Å². The minimum Gasteiger partial charge on any atom is -0.368 e. The molecule has 0 aromatic heterocycles. The van der Waals surface area contributed by atoms with E-state index in [0.717, 1.165) is 0 Å². The topological polar surface area (TPSA) is 229 Å². The smallest absolute Gasteiger partial charge is 0.296 e. The summed E-state index contributed by atoms with van der Waals surface area (Å²) in [7, 11) is -4.11. The molecule has 53 heavy (non-hydrogen) atoms. The predicted molar refractivity (Wildman–Crippen MR) is 198 cm³/mol. The summed E-state index contributed by atoms with van der Waals surface area (Å²) in [6, 6.07) is 20.4. The van der Waals surface area contributed by atoms with Crippen LogP contribution in [0.2, 0.25) is 0 Å². The van der Waals surface area contributed by atoms with Gasteiger partial charge in [0.2, 0.25) is 29.5 Å². The van der Waals surface area contributed by atoms with Crippen molar-refractivity contribution in [2.24, 2.45) is 11.5 Å². The van der Waals surface area contributed by atoms with Gasteiger partial charge < -0.3 is 32.7 Å². The van der Waals surface area contributed by atoms with Gasteiger partial charge in [0.05, 0.1) is 17.9 Å². The van der Waals surface area contributed by atoms with Crippen LogP contribution in [0, 0.1) is 12.3 Å². The third-order valence-corrected chi connectivity index (χ3v) is 9.34. The fourth-order valence-electron chi connectivity index (χ4n) is 5.21. The molecule has 4 atom stereocenters. The van der Waals surface area contributed by atoms with E-state index in [1.807, 2.05) is 0 Å². The highest BCUT2D eigenvalue weighted by atomic mass is 32.2. The van der Waals surface area contributed by atoms with Gasteiger partial charge in [-0.05, 0) is 49.1 Å². The van der Waals surface area contributed by atoms with Crippen LogP contribution in [0.5, 0.6) is 0 Å². The molecule has 0 unspecified atom stereocenters. The second kappa shape index (κ2) is 21.7. The maximum absolute atomic E-state index is 13.9. The van der Waals surface area contributed by atoms with Crippen molar-refractivity contribution >= 4 is 39.7 Å². The summed E-state index contributed by atoms with van der Waals surface area (Å²) >= 11 is 0. The number of nitrogens with one attached hydrogen (secondary N) is 4. The van der Waals surface area contributed by atoms with Crippen molar-refractivity contribution < 1.29 is 36.6 Å². The van der Waals surface area contributed by atoms with Gasteiger partial charge in [0.25, 0.3) is 10.1 Å². The monoisotopic (exact) mass is 746 g/mol. The Morgan fingerprint density at radius 2 is 1.15 bits per heavy atom. The number of terminal acetylenes is 1. The number of rotatable bonds is 22. The van der Waals surface area contributed by atoms with E-state index in [9.17, 15) is 32.4 Å². The molecule has 0 aliphatic heterocycles. The summed E-state index contributed by atoms with van der Waals surface area (Å²) in [5, 5.41) is 10.5. The lowest BCUT2D eigenvalue weighted by atomic mass is 10.0. The highest BCUT2D eigenvalue weighted by Crippen LogP contribution is 2.12. The Morgan fingerprint density at radius 1 is 0.679 bits per heavy atom. The number of amides is 5. The lowest BCUT2D eigenvalue weighted by molar-refractivity contribution is -0.134. The van der Waals surface area contributed by atoms with Gasteiger partial charge in [-0.2, -0.15) is 8.42 Å². The lowest BCUT2D eigenvalue weighted by Gasteiger charge is -2.26. The first-order valence-corrected chi connectivity index (χ1v) is 18.5. The van der Waals surface area contributed by atoms with Gasteiger partial charge in [-0.3, -0.25) is 28.2 Å². The van der Waals surface area contributed by atoms with E-state index in [1.54, 1.807) is 66.7 Å². The van der Waals surface area contributed by atoms with Crippen LogP contribution in [0.25, 0.3) is 0 Å². The van der Waals surface area contributed by atoms with Crippen molar-refractivity contribution in [3.8, 4) is 12.3 Å². The molecular weight excluding hydrogens is 701 g/mol. The van der Waals surface area contributed by atoms with E-state index in [0.29, 0.717) is 30.5 Å². The second-order valence-electron chi connectivity index (χ2n) is 12.1. The fraction of sp³-hybridized carbons (Fsp3) is 0.342. The van der Waals surface area contributed by atoms with Crippen molar-refractivity contribution in [3.05, 3.63) is 102 Å². The average molecular weight is 747 g/mol. The largest absolute Gasteiger partial charge is 0.368 e. The Balaban J connectivity index is 1.79. The van der Waals surface area contributed by atoms with Crippen molar-refractivity contribution in [1.82, 2.24) is 21.3 Å². The number of carbonyl (C=O) groups is 5. The number of unbranched alkanes of at least 4 members (excludes halogenated alkanes) is 1. The van der Waals surface area contributed by atoms with E-state index >= 15 is 0 Å². The normalized spacial score (nSPS) is 13.3. The Labute approximate surface area is 309 Å². The molecule has 14 nitrogen and oxygen atoms in total. The molecule has 8 N–H and O–H groups in total. The molecule has 282 valence electrons. The number of hydrogen-bond acceptors (Lipinski definition) is 9. The van der Waals surface area contributed by atoms with Crippen LogP contribution in [0.4, 0.5) is 0 Å². The SMILES string of the molecule is C#CC[C@H](NC(=O)[C@H](Cc1ccccc1)NC(=O)[C@H](Cc1ccccc1)NC(=O)CCOS(=O)(=O)c1ccccc1)C(=O)N[C@@H](CCCCN)C(N)=O. The van der Waals surface area contributed by atoms with Crippen LogP contribution >= 0.6 is 0 Å². The van der Waals surface area contributed by atoms with Crippen LogP contribution in [-0.2, 0) is 51.1 Å². The third-order valence-electron chi connectivity index (χ3n) is 8.01. The van der Waals surface area contributed by atoms with Gasteiger partial charge in [0.1, 0.15) is 24.2 Å². The van der Waals surface area contributed by atoms with E-state index < -0.39 is 70.4 Å². The first-order chi connectivity index (χ1) is 25.4. The average Bonchev–Trinajstić information content (AvgIpc) is 3.14. The molecular formula is C38H46N6O8S. The molecule has 0 saturated carbocycles. The predicted octanol–water partition coefficient (Wildman–Crippen LogP) is 0.844. The number of nitrogens with two attached hydrogens (primary N) is 2. The van der Waals surface area contributed by atoms with Crippen LogP contribution < -0.4 is 32.7 Å². The van der Waals surface area contributed by atoms with Crippen molar-refractivity contribution in [2.45, 2.75) is 74.0 Å². The molecule has 3 rings (SSSR count). The molecule has 0 saturated heterocycles. The summed E-state index contributed by atoms with van der Waals surface area (Å²) in [5.74, 6) is -1.28. The number of hydrogen-bond donors (Lipinski definition) is 6. The van der Waals surface area contributed by atoms with Crippen LogP contribution in [-0.4, -0.2) is 75.3 Å². The van der Waals surface area contributed by atoms with Gasteiger partial charge >= 0.3 is 0 Å². The van der Waals surface area contributed by atoms with Gasteiger partial charge in [-0.25, -0.2) is 0 Å². The second-order valence-corrected chi connectivity index (χ2v) is 13.7. The number of carbonyl (C=O) groups excluding carboxylic acids is 5. The summed E-state index contributed by atoms with van der Waals surface area (Å²) in [6.07, 6.45) is 6.32. The zero-order valence-electron chi connectivity index (χ0n) is 29.2. The zero-order chi connectivity index (χ0) is 38.6. The molecule has 5 amide bonds. The van der Waals surface area contributed by atoms with Gasteiger partial charge in [-0.1, -0.05) is 78.9 Å². The highest BCUT2D eigenvalue weighted by molar-refractivity contribution is 7.86. The third kappa shape index (κ3) is 14.5. The summed E-state index contributed by atoms with van der Waals surface area (Å²) in [5.41, 5.74) is 12.4. The van der Waals surface area contributed by atoms with Gasteiger partial charge in [-0.15, -0.1) is 12.3 Å². The molecule has 0 aliphatic carbocycles. The zero-order valence-corrected chi connectivity index (χ0v) is 30.1. The van der Waals surface area contributed by atoms with Crippen LogP contribution in [0.15, 0.2) is 95.9 Å². The standard InChI is InChI=1S/C38H46N6O8S/c1-2-14-31(36(47)42-30(35(40)46)21-12-13-23-39)43-38(49)33(26-28-17-8-4-9-18-28)44-37(48)32(25-27-15-6-3-7-16-27)41-34(45)22-24-52-53(50,51)29-19-10-5-11-20-29/h1,3-11,15-20,30-33H,12-14,21-26,39H2,(H2,40,46)(H,41,45)(H,42,47)(H,43,49)(H,44,48)/t30-,31-,32-,33-/m0/s1.